The number of hydrogen-bond donors (Lipinski definition) is 1. The van der Waals surface area contributed by atoms with Gasteiger partial charge in [0.2, 0.25) is 0 Å². The predicted molar refractivity (Wildman–Crippen MR) is 94.5 cm³/mol. The van der Waals surface area contributed by atoms with Gasteiger partial charge in [0, 0.05) is 17.8 Å². The average molecular weight is 371 g/mol. The molecule has 0 atom stereocenters. The van der Waals surface area contributed by atoms with E-state index in [4.69, 9.17) is 4.74 Å². The van der Waals surface area contributed by atoms with Crippen LogP contribution in [0.15, 0.2) is 59.5 Å². The lowest BCUT2D eigenvalue weighted by molar-refractivity contribution is 0.0601. The van der Waals surface area contributed by atoms with Crippen LogP contribution in [0.2, 0.25) is 0 Å². The summed E-state index contributed by atoms with van der Waals surface area (Å²) in [6.45, 7) is -0.178. The third kappa shape index (κ3) is 4.03. The molecule has 138 valence electrons. The van der Waals surface area contributed by atoms with Crippen LogP contribution in [-0.4, -0.2) is 18.1 Å². The first-order chi connectivity index (χ1) is 13.0. The van der Waals surface area contributed by atoms with Crippen molar-refractivity contribution in [1.29, 1.82) is 0 Å². The maximum Gasteiger partial charge on any atom is 0.337 e. The van der Waals surface area contributed by atoms with Crippen molar-refractivity contribution in [3.63, 3.8) is 0 Å². The predicted octanol–water partition coefficient (Wildman–Crippen LogP) is 3.69. The highest BCUT2D eigenvalue weighted by Gasteiger charge is 2.14. The minimum atomic E-state index is -0.733. The summed E-state index contributed by atoms with van der Waals surface area (Å²) in [7, 11) is 1.28. The van der Waals surface area contributed by atoms with Crippen molar-refractivity contribution in [1.82, 2.24) is 4.98 Å². The number of carbonyl (C=O) groups excluding carboxylic acids is 1. The maximum absolute atomic E-state index is 13.8. The Morgan fingerprint density at radius 2 is 1.81 bits per heavy atom. The Kier molecular flexibility index (Phi) is 5.30. The summed E-state index contributed by atoms with van der Waals surface area (Å²) in [5, 5.41) is 0. The molecule has 0 aliphatic rings. The van der Waals surface area contributed by atoms with Crippen molar-refractivity contribution in [2.24, 2.45) is 0 Å². The van der Waals surface area contributed by atoms with E-state index in [1.807, 2.05) is 0 Å². The number of H-pyrrole nitrogens is 1. The fourth-order valence-corrected chi connectivity index (χ4v) is 2.54. The van der Waals surface area contributed by atoms with Crippen LogP contribution in [0.4, 0.5) is 8.78 Å². The molecule has 27 heavy (non-hydrogen) atoms. The number of aromatic nitrogens is 1. The summed E-state index contributed by atoms with van der Waals surface area (Å²) >= 11 is 0. The molecule has 7 heteroatoms. The molecule has 0 spiro atoms. The van der Waals surface area contributed by atoms with E-state index in [0.717, 1.165) is 12.1 Å². The number of methoxy groups -OCH3 is 1. The second-order valence-electron chi connectivity index (χ2n) is 5.64. The van der Waals surface area contributed by atoms with Gasteiger partial charge in [-0.15, -0.1) is 0 Å². The van der Waals surface area contributed by atoms with Gasteiger partial charge < -0.3 is 14.5 Å². The van der Waals surface area contributed by atoms with Crippen LogP contribution in [-0.2, 0) is 11.3 Å². The van der Waals surface area contributed by atoms with Crippen LogP contribution in [0.1, 0.15) is 15.9 Å². The van der Waals surface area contributed by atoms with Crippen LogP contribution in [0.3, 0.4) is 0 Å². The summed E-state index contributed by atoms with van der Waals surface area (Å²) in [6, 6.07) is 10.9. The molecule has 0 unspecified atom stereocenters. The lowest BCUT2D eigenvalue weighted by atomic mass is 10.0. The quantitative estimate of drug-likeness (QED) is 0.695. The summed E-state index contributed by atoms with van der Waals surface area (Å²) < 4.78 is 37.0. The number of halogens is 2. The van der Waals surface area contributed by atoms with Crippen molar-refractivity contribution in [2.45, 2.75) is 6.61 Å². The van der Waals surface area contributed by atoms with E-state index in [1.54, 1.807) is 12.1 Å². The van der Waals surface area contributed by atoms with Gasteiger partial charge in [-0.2, -0.15) is 0 Å². The Bertz CT molecular complexity index is 1030. The Balaban J connectivity index is 1.90. The van der Waals surface area contributed by atoms with Gasteiger partial charge in [-0.1, -0.05) is 12.1 Å². The van der Waals surface area contributed by atoms with Crippen molar-refractivity contribution in [3.8, 4) is 16.9 Å². The summed E-state index contributed by atoms with van der Waals surface area (Å²) in [4.78, 5) is 26.4. The lowest BCUT2D eigenvalue weighted by Gasteiger charge is -2.12. The first kappa shape index (κ1) is 18.3. The third-order valence-electron chi connectivity index (χ3n) is 3.92. The third-order valence-corrected chi connectivity index (χ3v) is 3.92. The minimum absolute atomic E-state index is 0.156. The van der Waals surface area contributed by atoms with Gasteiger partial charge in [-0.3, -0.25) is 4.79 Å². The molecular weight excluding hydrogens is 356 g/mol. The molecule has 1 heterocycles. The number of pyridine rings is 1. The van der Waals surface area contributed by atoms with E-state index >= 15 is 0 Å². The maximum atomic E-state index is 13.8. The monoisotopic (exact) mass is 371 g/mol. The highest BCUT2D eigenvalue weighted by molar-refractivity contribution is 5.90. The fraction of sp³-hybridized carbons (Fsp3) is 0.100. The molecule has 1 aromatic heterocycles. The molecule has 2 aromatic carbocycles. The van der Waals surface area contributed by atoms with E-state index in [-0.39, 0.29) is 23.5 Å². The zero-order valence-corrected chi connectivity index (χ0v) is 14.3. The smallest absolute Gasteiger partial charge is 0.337 e. The molecule has 0 fully saturated rings. The lowest BCUT2D eigenvalue weighted by Crippen LogP contribution is -2.11. The molecule has 0 saturated carbocycles. The van der Waals surface area contributed by atoms with Crippen molar-refractivity contribution in [3.05, 3.63) is 87.8 Å². The van der Waals surface area contributed by atoms with E-state index in [0.29, 0.717) is 11.1 Å². The molecule has 1 N–H and O–H groups in total. The van der Waals surface area contributed by atoms with Crippen LogP contribution >= 0.6 is 0 Å². The van der Waals surface area contributed by atoms with Crippen molar-refractivity contribution >= 4 is 5.97 Å². The molecule has 3 rings (SSSR count). The number of esters is 1. The first-order valence-corrected chi connectivity index (χ1v) is 7.97. The molecule has 0 bridgehead atoms. The number of carbonyl (C=O) groups is 1. The van der Waals surface area contributed by atoms with Gasteiger partial charge in [0.15, 0.2) is 0 Å². The van der Waals surface area contributed by atoms with E-state index in [1.165, 1.54) is 37.6 Å². The Morgan fingerprint density at radius 3 is 2.48 bits per heavy atom. The van der Waals surface area contributed by atoms with E-state index < -0.39 is 23.2 Å². The zero-order chi connectivity index (χ0) is 19.4. The van der Waals surface area contributed by atoms with E-state index in [9.17, 15) is 18.4 Å². The average Bonchev–Trinajstić information content (AvgIpc) is 2.67. The number of nitrogens with one attached hydrogen (secondary N) is 1. The molecule has 3 aromatic rings. The number of rotatable bonds is 5. The second-order valence-corrected chi connectivity index (χ2v) is 5.64. The number of benzene rings is 2. The molecule has 0 radical (unpaired) electrons. The summed E-state index contributed by atoms with van der Waals surface area (Å²) in [6.07, 6.45) is 1.41. The largest absolute Gasteiger partial charge is 0.488 e. The summed E-state index contributed by atoms with van der Waals surface area (Å²) in [5.41, 5.74) is 0.835. The van der Waals surface area contributed by atoms with Crippen LogP contribution in [0.5, 0.6) is 5.75 Å². The van der Waals surface area contributed by atoms with Crippen molar-refractivity contribution < 1.29 is 23.0 Å². The molecule has 0 aliphatic heterocycles. The fourth-order valence-electron chi connectivity index (χ4n) is 2.54. The zero-order valence-electron chi connectivity index (χ0n) is 14.3. The number of aromatic amines is 1. The Labute approximate surface area is 153 Å². The highest BCUT2D eigenvalue weighted by atomic mass is 19.1. The van der Waals surface area contributed by atoms with Gasteiger partial charge in [-0.25, -0.2) is 13.6 Å². The van der Waals surface area contributed by atoms with Gasteiger partial charge in [0.1, 0.15) is 24.0 Å². The normalized spacial score (nSPS) is 10.5. The van der Waals surface area contributed by atoms with Crippen molar-refractivity contribution in [2.75, 3.05) is 7.11 Å². The van der Waals surface area contributed by atoms with Gasteiger partial charge >= 0.3 is 5.97 Å². The second kappa shape index (κ2) is 7.82. The number of ether oxygens (including phenoxy) is 2. The van der Waals surface area contributed by atoms with Crippen LogP contribution in [0, 0.1) is 11.6 Å². The molecule has 0 saturated heterocycles. The van der Waals surface area contributed by atoms with Crippen LogP contribution in [0.25, 0.3) is 11.1 Å². The topological polar surface area (TPSA) is 68.4 Å². The van der Waals surface area contributed by atoms with Gasteiger partial charge in [0.25, 0.3) is 5.56 Å². The van der Waals surface area contributed by atoms with Crippen LogP contribution < -0.4 is 10.3 Å². The van der Waals surface area contributed by atoms with E-state index in [2.05, 4.69) is 9.72 Å². The summed E-state index contributed by atoms with van der Waals surface area (Å²) in [5.74, 6) is -1.68. The SMILES string of the molecule is COC(=O)c1ccc(-c2c(OCc3ccc(F)cc3F)cc[nH]c2=O)cc1. The Morgan fingerprint density at radius 1 is 1.07 bits per heavy atom. The molecule has 0 aliphatic carbocycles. The molecular formula is C20H15F2NO4. The molecule has 5 nitrogen and oxygen atoms in total. The standard InChI is InChI=1S/C20H15F2NO4/c1-26-20(25)13-4-2-12(3-5-13)18-17(8-9-23-19(18)24)27-11-14-6-7-15(21)10-16(14)22/h2-10H,11H2,1H3,(H,23,24). The minimum Gasteiger partial charge on any atom is -0.488 e. The highest BCUT2D eigenvalue weighted by Crippen LogP contribution is 2.27. The molecule has 0 amide bonds. The first-order valence-electron chi connectivity index (χ1n) is 7.97. The number of hydrogen-bond acceptors (Lipinski definition) is 4. The Hall–Kier alpha value is -3.48. The van der Waals surface area contributed by atoms with Gasteiger partial charge in [0.05, 0.1) is 18.2 Å². The van der Waals surface area contributed by atoms with Gasteiger partial charge in [-0.05, 0) is 35.9 Å².